The van der Waals surface area contributed by atoms with Crippen LogP contribution in [0.5, 0.6) is 0 Å². The van der Waals surface area contributed by atoms with Gasteiger partial charge in [-0.1, -0.05) is 42.5 Å². The van der Waals surface area contributed by atoms with Crippen LogP contribution in [-0.2, 0) is 10.9 Å². The molecule has 0 radical (unpaired) electrons. The summed E-state index contributed by atoms with van der Waals surface area (Å²) >= 11 is 0. The average Bonchev–Trinajstić information content (AvgIpc) is 2.71. The van der Waals surface area contributed by atoms with Crippen LogP contribution in [0.3, 0.4) is 0 Å². The van der Waals surface area contributed by atoms with Crippen molar-refractivity contribution >= 4 is 5.91 Å². The van der Waals surface area contributed by atoms with Crippen LogP contribution in [0.15, 0.2) is 54.6 Å². The lowest BCUT2D eigenvalue weighted by atomic mass is 10.1. The van der Waals surface area contributed by atoms with Gasteiger partial charge in [0.25, 0.3) is 5.91 Å². The number of morpholine rings is 1. The predicted molar refractivity (Wildman–Crippen MR) is 100.0 cm³/mol. The molecule has 7 heteroatoms. The molecular weight excluding hydrogens is 369 g/mol. The molecule has 0 bridgehead atoms. The van der Waals surface area contributed by atoms with Gasteiger partial charge in [0, 0.05) is 26.2 Å². The molecule has 3 rings (SSSR count). The van der Waals surface area contributed by atoms with Crippen LogP contribution in [0.1, 0.15) is 34.0 Å². The zero-order valence-corrected chi connectivity index (χ0v) is 15.4. The minimum absolute atomic E-state index is 0.0169. The van der Waals surface area contributed by atoms with Gasteiger partial charge in [-0.15, -0.1) is 0 Å². The number of carbonyl (C=O) groups is 1. The zero-order chi connectivity index (χ0) is 20.0. The SMILES string of the molecule is O=C(NCCCN1CCO[C@@H](c2ccccc2)C1)c1ccccc1C(F)(F)F. The normalized spacial score (nSPS) is 18.0. The molecule has 1 amide bonds. The number of hydrogen-bond acceptors (Lipinski definition) is 3. The Kier molecular flexibility index (Phi) is 6.70. The van der Waals surface area contributed by atoms with Crippen LogP contribution < -0.4 is 5.32 Å². The Morgan fingerprint density at radius 2 is 1.82 bits per heavy atom. The molecular formula is C21H23F3N2O2. The predicted octanol–water partition coefficient (Wildman–Crippen LogP) is 3.90. The maximum Gasteiger partial charge on any atom is 0.417 e. The lowest BCUT2D eigenvalue weighted by Crippen LogP contribution is -2.40. The largest absolute Gasteiger partial charge is 0.417 e. The van der Waals surface area contributed by atoms with Gasteiger partial charge in [0.05, 0.1) is 23.8 Å². The molecule has 2 aromatic carbocycles. The second-order valence-corrected chi connectivity index (χ2v) is 6.72. The number of hydrogen-bond donors (Lipinski definition) is 1. The van der Waals surface area contributed by atoms with Gasteiger partial charge < -0.3 is 10.1 Å². The maximum atomic E-state index is 13.0. The van der Waals surface area contributed by atoms with E-state index in [4.69, 9.17) is 4.74 Å². The van der Waals surface area contributed by atoms with Crippen LogP contribution in [0.25, 0.3) is 0 Å². The molecule has 1 fully saturated rings. The molecule has 0 saturated carbocycles. The van der Waals surface area contributed by atoms with Crippen molar-refractivity contribution in [2.75, 3.05) is 32.8 Å². The first-order valence-corrected chi connectivity index (χ1v) is 9.28. The summed E-state index contributed by atoms with van der Waals surface area (Å²) in [7, 11) is 0. The highest BCUT2D eigenvalue weighted by atomic mass is 19.4. The van der Waals surface area contributed by atoms with Crippen LogP contribution in [-0.4, -0.2) is 43.6 Å². The van der Waals surface area contributed by atoms with E-state index in [1.165, 1.54) is 18.2 Å². The topological polar surface area (TPSA) is 41.6 Å². The van der Waals surface area contributed by atoms with Gasteiger partial charge in [0.1, 0.15) is 0 Å². The fourth-order valence-corrected chi connectivity index (χ4v) is 3.30. The molecule has 2 aromatic rings. The summed E-state index contributed by atoms with van der Waals surface area (Å²) in [6.45, 7) is 3.25. The quantitative estimate of drug-likeness (QED) is 0.759. The van der Waals surface area contributed by atoms with Crippen LogP contribution >= 0.6 is 0 Å². The van der Waals surface area contributed by atoms with Gasteiger partial charge in [-0.25, -0.2) is 0 Å². The number of benzene rings is 2. The number of ether oxygens (including phenoxy) is 1. The van der Waals surface area contributed by atoms with Crippen molar-refractivity contribution in [3.8, 4) is 0 Å². The van der Waals surface area contributed by atoms with Crippen molar-refractivity contribution in [3.63, 3.8) is 0 Å². The zero-order valence-electron chi connectivity index (χ0n) is 15.4. The molecule has 0 aromatic heterocycles. The van der Waals surface area contributed by atoms with Gasteiger partial charge in [0.2, 0.25) is 0 Å². The number of nitrogens with zero attached hydrogens (tertiary/aromatic N) is 1. The lowest BCUT2D eigenvalue weighted by Gasteiger charge is -2.33. The van der Waals surface area contributed by atoms with E-state index in [0.717, 1.165) is 31.3 Å². The van der Waals surface area contributed by atoms with Crippen molar-refractivity contribution < 1.29 is 22.7 Å². The Morgan fingerprint density at radius 3 is 2.57 bits per heavy atom. The van der Waals surface area contributed by atoms with E-state index in [1.807, 2.05) is 30.3 Å². The highest BCUT2D eigenvalue weighted by Gasteiger charge is 2.34. The monoisotopic (exact) mass is 392 g/mol. The highest BCUT2D eigenvalue weighted by molar-refractivity contribution is 5.95. The summed E-state index contributed by atoms with van der Waals surface area (Å²) in [6, 6.07) is 14.8. The summed E-state index contributed by atoms with van der Waals surface area (Å²) in [5.41, 5.74) is -0.124. The molecule has 0 aliphatic carbocycles. The van der Waals surface area contributed by atoms with E-state index in [-0.39, 0.29) is 11.7 Å². The van der Waals surface area contributed by atoms with Gasteiger partial charge >= 0.3 is 6.18 Å². The van der Waals surface area contributed by atoms with Gasteiger partial charge in [0.15, 0.2) is 0 Å². The third-order valence-electron chi connectivity index (χ3n) is 4.74. The van der Waals surface area contributed by atoms with E-state index in [2.05, 4.69) is 10.2 Å². The second-order valence-electron chi connectivity index (χ2n) is 6.72. The summed E-state index contributed by atoms with van der Waals surface area (Å²) in [6.07, 6.45) is -3.88. The number of carbonyl (C=O) groups excluding carboxylic acids is 1. The Bertz CT molecular complexity index is 781. The van der Waals surface area contributed by atoms with Crippen molar-refractivity contribution in [2.45, 2.75) is 18.7 Å². The molecule has 1 atom stereocenters. The molecule has 4 nitrogen and oxygen atoms in total. The standard InChI is InChI=1S/C21H23F3N2O2/c22-21(23,24)18-10-5-4-9-17(18)20(27)25-11-6-12-26-13-14-28-19(15-26)16-7-2-1-3-8-16/h1-5,7-10,19H,6,11-15H2,(H,25,27)/t19-/m1/s1. The van der Waals surface area contributed by atoms with Crippen molar-refractivity contribution in [2.24, 2.45) is 0 Å². The Balaban J connectivity index is 1.47. The third kappa shape index (κ3) is 5.33. The highest BCUT2D eigenvalue weighted by Crippen LogP contribution is 2.31. The van der Waals surface area contributed by atoms with Gasteiger partial charge in [-0.2, -0.15) is 13.2 Å². The number of nitrogens with one attached hydrogen (secondary N) is 1. The number of amides is 1. The lowest BCUT2D eigenvalue weighted by molar-refractivity contribution is -0.137. The number of halogens is 3. The van der Waals surface area contributed by atoms with E-state index in [1.54, 1.807) is 0 Å². The smallest absolute Gasteiger partial charge is 0.371 e. The first-order chi connectivity index (χ1) is 13.4. The van der Waals surface area contributed by atoms with Crippen molar-refractivity contribution in [1.29, 1.82) is 0 Å². The maximum absolute atomic E-state index is 13.0. The molecule has 0 unspecified atom stereocenters. The Labute approximate surface area is 162 Å². The van der Waals surface area contributed by atoms with Crippen molar-refractivity contribution in [3.05, 3.63) is 71.3 Å². The average molecular weight is 392 g/mol. The summed E-state index contributed by atoms with van der Waals surface area (Å²) in [5.74, 6) is -0.697. The van der Waals surface area contributed by atoms with Gasteiger partial charge in [-0.05, 0) is 24.1 Å². The fraction of sp³-hybridized carbons (Fsp3) is 0.381. The number of alkyl halides is 3. The molecule has 1 aliphatic rings. The molecule has 1 N–H and O–H groups in total. The Morgan fingerprint density at radius 1 is 1.11 bits per heavy atom. The summed E-state index contributed by atoms with van der Waals surface area (Å²) < 4.78 is 44.9. The molecule has 150 valence electrons. The minimum Gasteiger partial charge on any atom is -0.371 e. The molecule has 1 heterocycles. The van der Waals surface area contributed by atoms with E-state index >= 15 is 0 Å². The van der Waals surface area contributed by atoms with Crippen LogP contribution in [0.2, 0.25) is 0 Å². The van der Waals surface area contributed by atoms with Gasteiger partial charge in [-0.3, -0.25) is 9.69 Å². The first-order valence-electron chi connectivity index (χ1n) is 9.28. The number of rotatable bonds is 6. The van der Waals surface area contributed by atoms with E-state index in [9.17, 15) is 18.0 Å². The van der Waals surface area contributed by atoms with Crippen LogP contribution in [0.4, 0.5) is 13.2 Å². The van der Waals surface area contributed by atoms with E-state index in [0.29, 0.717) is 19.6 Å². The third-order valence-corrected chi connectivity index (χ3v) is 4.74. The molecule has 28 heavy (non-hydrogen) atoms. The fourth-order valence-electron chi connectivity index (χ4n) is 3.30. The van der Waals surface area contributed by atoms with E-state index < -0.39 is 17.6 Å². The summed E-state index contributed by atoms with van der Waals surface area (Å²) in [5, 5.41) is 2.60. The molecule has 1 saturated heterocycles. The molecule has 0 spiro atoms. The first kappa shape index (κ1) is 20.4. The molecule has 1 aliphatic heterocycles. The van der Waals surface area contributed by atoms with Crippen LogP contribution in [0, 0.1) is 0 Å². The second kappa shape index (κ2) is 9.21. The Hall–Kier alpha value is -2.38. The summed E-state index contributed by atoms with van der Waals surface area (Å²) in [4.78, 5) is 14.4. The van der Waals surface area contributed by atoms with Crippen molar-refractivity contribution in [1.82, 2.24) is 10.2 Å². The minimum atomic E-state index is -4.55.